The van der Waals surface area contributed by atoms with E-state index in [2.05, 4.69) is 36.4 Å². The van der Waals surface area contributed by atoms with Gasteiger partial charge in [0.25, 0.3) is 0 Å². The van der Waals surface area contributed by atoms with Gasteiger partial charge in [-0.2, -0.15) is 0 Å². The molecule has 0 saturated carbocycles. The van der Waals surface area contributed by atoms with Gasteiger partial charge in [0.1, 0.15) is 5.76 Å². The Balaban J connectivity index is 0.000000180. The molecule has 0 radical (unpaired) electrons. The molecule has 2 aromatic rings. The number of rotatable bonds is 4. The second kappa shape index (κ2) is 6.42. The predicted octanol–water partition coefficient (Wildman–Crippen LogP) is 4.88. The average Bonchev–Trinajstić information content (AvgIpc) is 2.96. The molecule has 1 aromatic carbocycles. The Labute approximate surface area is 125 Å². The number of ether oxygens (including phenoxy) is 1. The van der Waals surface area contributed by atoms with E-state index in [1.165, 1.54) is 16.7 Å². The topological polar surface area (TPSA) is 22.4 Å². The van der Waals surface area contributed by atoms with Crippen LogP contribution in [-0.4, -0.2) is 7.11 Å². The van der Waals surface area contributed by atoms with E-state index in [9.17, 15) is 0 Å². The fourth-order valence-corrected chi connectivity index (χ4v) is 2.29. The normalized spacial score (nSPS) is 12.2. The molecule has 2 aliphatic rings. The van der Waals surface area contributed by atoms with Crippen molar-refractivity contribution in [3.05, 3.63) is 84.3 Å². The van der Waals surface area contributed by atoms with Crippen molar-refractivity contribution in [2.24, 2.45) is 0 Å². The maximum Gasteiger partial charge on any atom is 0.106 e. The van der Waals surface area contributed by atoms with Crippen LogP contribution in [0.15, 0.2) is 77.4 Å². The van der Waals surface area contributed by atoms with Crippen molar-refractivity contribution in [1.82, 2.24) is 0 Å². The van der Waals surface area contributed by atoms with Crippen molar-refractivity contribution in [3.63, 3.8) is 0 Å². The van der Waals surface area contributed by atoms with Crippen molar-refractivity contribution in [3.8, 4) is 11.1 Å². The van der Waals surface area contributed by atoms with Gasteiger partial charge >= 0.3 is 0 Å². The summed E-state index contributed by atoms with van der Waals surface area (Å²) in [6.07, 6.45) is 2.53. The molecule has 1 heterocycles. The van der Waals surface area contributed by atoms with Gasteiger partial charge < -0.3 is 9.15 Å². The van der Waals surface area contributed by atoms with E-state index in [1.54, 1.807) is 13.4 Å². The Kier molecular flexibility index (Phi) is 4.17. The van der Waals surface area contributed by atoms with Crippen LogP contribution in [0, 0.1) is 0 Å². The summed E-state index contributed by atoms with van der Waals surface area (Å²) in [7, 11) is 1.72. The Morgan fingerprint density at radius 2 is 1.67 bits per heavy atom. The third kappa shape index (κ3) is 3.61. The van der Waals surface area contributed by atoms with Gasteiger partial charge in [-0.25, -0.2) is 0 Å². The maximum atomic E-state index is 5.45. The lowest BCUT2D eigenvalue weighted by Crippen LogP contribution is -2.04. The average molecular weight is 278 g/mol. The zero-order valence-electron chi connectivity index (χ0n) is 12.0. The molecule has 0 N–H and O–H groups in total. The highest BCUT2D eigenvalue weighted by molar-refractivity contribution is 5.80. The fraction of sp³-hybridized carbons (Fsp3) is 0.158. The first kappa shape index (κ1) is 13.7. The molecule has 106 valence electrons. The number of fused-ring (bicyclic) bond motifs is 1. The largest absolute Gasteiger partial charge is 0.469 e. The first-order valence-electron chi connectivity index (χ1n) is 7.07. The van der Waals surface area contributed by atoms with Gasteiger partial charge in [-0.3, -0.25) is 0 Å². The van der Waals surface area contributed by atoms with Crippen LogP contribution in [0.3, 0.4) is 0 Å². The summed E-state index contributed by atoms with van der Waals surface area (Å²) >= 11 is 0. The minimum Gasteiger partial charge on any atom is -0.469 e. The Morgan fingerprint density at radius 3 is 2.14 bits per heavy atom. The highest BCUT2D eigenvalue weighted by Crippen LogP contribution is 2.32. The van der Waals surface area contributed by atoms with E-state index >= 15 is 0 Å². The zero-order valence-corrected chi connectivity index (χ0v) is 12.0. The molecule has 1 unspecified atom stereocenters. The lowest BCUT2D eigenvalue weighted by molar-refractivity contribution is 0.0987. The summed E-state index contributed by atoms with van der Waals surface area (Å²) < 4.78 is 10.8. The molecule has 1 atom stereocenters. The number of benzene rings is 2. The standard InChI is InChI=1S/C13H14O2.C6H4/c1-14-13(10-12-8-5-9-15-12)11-6-3-2-4-7-11;1-2-5-4-6(5)3-1/h2-9,13H,10H2,1H3;1-4H. The minimum absolute atomic E-state index is 0.0670. The van der Waals surface area contributed by atoms with Crippen LogP contribution in [0.2, 0.25) is 0 Å². The van der Waals surface area contributed by atoms with Crippen LogP contribution >= 0.6 is 0 Å². The van der Waals surface area contributed by atoms with E-state index in [0.29, 0.717) is 0 Å². The Morgan fingerprint density at radius 1 is 0.905 bits per heavy atom. The first-order chi connectivity index (χ1) is 10.4. The third-order valence-electron chi connectivity index (χ3n) is 3.54. The van der Waals surface area contributed by atoms with E-state index in [4.69, 9.17) is 9.15 Å². The molecule has 0 aliphatic heterocycles. The van der Waals surface area contributed by atoms with Gasteiger partial charge in [0, 0.05) is 13.5 Å². The molecular weight excluding hydrogens is 260 g/mol. The van der Waals surface area contributed by atoms with Crippen LogP contribution < -0.4 is 0 Å². The van der Waals surface area contributed by atoms with Crippen LogP contribution in [-0.2, 0) is 11.2 Å². The fourth-order valence-electron chi connectivity index (χ4n) is 2.29. The molecule has 0 fully saturated rings. The lowest BCUT2D eigenvalue weighted by Gasteiger charge is -2.13. The number of methoxy groups -OCH3 is 1. The molecule has 0 spiro atoms. The van der Waals surface area contributed by atoms with Gasteiger partial charge in [-0.1, -0.05) is 48.5 Å². The minimum atomic E-state index is 0.0670. The predicted molar refractivity (Wildman–Crippen MR) is 84.0 cm³/mol. The van der Waals surface area contributed by atoms with Crippen LogP contribution in [0.5, 0.6) is 0 Å². The van der Waals surface area contributed by atoms with Gasteiger partial charge in [-0.05, 0) is 34.9 Å². The summed E-state index contributed by atoms with van der Waals surface area (Å²) in [5.74, 6) is 0.950. The van der Waals surface area contributed by atoms with Crippen molar-refractivity contribution in [2.45, 2.75) is 12.5 Å². The lowest BCUT2D eigenvalue weighted by atomic mass is 10.1. The van der Waals surface area contributed by atoms with Gasteiger partial charge in [0.15, 0.2) is 0 Å². The molecule has 21 heavy (non-hydrogen) atoms. The molecule has 2 heteroatoms. The SMILES string of the molecule is COC(Cc1ccco1)c1ccccc1.c1cc2cc-2c1. The van der Waals surface area contributed by atoms with Crippen molar-refractivity contribution >= 4 is 0 Å². The maximum absolute atomic E-state index is 5.45. The monoisotopic (exact) mass is 278 g/mol. The van der Waals surface area contributed by atoms with Crippen LogP contribution in [0.25, 0.3) is 11.1 Å². The summed E-state index contributed by atoms with van der Waals surface area (Å²) in [4.78, 5) is 0. The highest BCUT2D eigenvalue weighted by Gasteiger charge is 2.12. The summed E-state index contributed by atoms with van der Waals surface area (Å²) in [5.41, 5.74) is 4.03. The molecule has 2 nitrogen and oxygen atoms in total. The first-order valence-corrected chi connectivity index (χ1v) is 7.07. The quantitative estimate of drug-likeness (QED) is 0.531. The van der Waals surface area contributed by atoms with Crippen molar-refractivity contribution < 1.29 is 9.15 Å². The Bertz CT molecular complexity index is 655. The molecule has 0 amide bonds. The zero-order chi connectivity index (χ0) is 14.5. The van der Waals surface area contributed by atoms with E-state index in [0.717, 1.165) is 12.2 Å². The van der Waals surface area contributed by atoms with Crippen LogP contribution in [0.1, 0.15) is 17.4 Å². The molecule has 0 saturated heterocycles. The summed E-state index contributed by atoms with van der Waals surface area (Å²) in [5, 5.41) is 0. The summed E-state index contributed by atoms with van der Waals surface area (Å²) in [6, 6.07) is 22.5. The molecule has 2 aliphatic carbocycles. The summed E-state index contributed by atoms with van der Waals surface area (Å²) in [6.45, 7) is 0. The second-order valence-corrected chi connectivity index (χ2v) is 5.00. The van der Waals surface area contributed by atoms with Gasteiger partial charge in [0.2, 0.25) is 0 Å². The molecule has 4 rings (SSSR count). The number of hydrogen-bond acceptors (Lipinski definition) is 2. The van der Waals surface area contributed by atoms with Crippen molar-refractivity contribution in [1.29, 1.82) is 0 Å². The second-order valence-electron chi connectivity index (χ2n) is 5.00. The molecular formula is C19H18O2. The highest BCUT2D eigenvalue weighted by atomic mass is 16.5. The number of hydrogen-bond donors (Lipinski definition) is 0. The third-order valence-corrected chi connectivity index (χ3v) is 3.54. The van der Waals surface area contributed by atoms with E-state index in [1.807, 2.05) is 30.3 Å². The van der Waals surface area contributed by atoms with Crippen LogP contribution in [0.4, 0.5) is 0 Å². The Hall–Kier alpha value is -2.32. The van der Waals surface area contributed by atoms with E-state index < -0.39 is 0 Å². The van der Waals surface area contributed by atoms with Crippen molar-refractivity contribution in [2.75, 3.05) is 7.11 Å². The molecule has 1 aromatic heterocycles. The molecule has 0 bridgehead atoms. The smallest absolute Gasteiger partial charge is 0.106 e. The van der Waals surface area contributed by atoms with Gasteiger partial charge in [0.05, 0.1) is 12.4 Å². The van der Waals surface area contributed by atoms with E-state index in [-0.39, 0.29) is 6.10 Å². The number of furan rings is 1. The van der Waals surface area contributed by atoms with Gasteiger partial charge in [-0.15, -0.1) is 0 Å².